The predicted octanol–water partition coefficient (Wildman–Crippen LogP) is 0.750. The van der Waals surface area contributed by atoms with Gasteiger partial charge in [0.1, 0.15) is 12.7 Å². The summed E-state index contributed by atoms with van der Waals surface area (Å²) in [4.78, 5) is 23.4. The van der Waals surface area contributed by atoms with Crippen LogP contribution in [0.5, 0.6) is 0 Å². The third-order valence-electron chi connectivity index (χ3n) is 4.75. The van der Waals surface area contributed by atoms with Crippen LogP contribution in [0.1, 0.15) is 6.42 Å². The van der Waals surface area contributed by atoms with Gasteiger partial charge in [0.25, 0.3) is 0 Å². The van der Waals surface area contributed by atoms with Crippen molar-refractivity contribution in [3.05, 3.63) is 37.0 Å². The van der Waals surface area contributed by atoms with Crippen molar-refractivity contribution in [3.63, 3.8) is 0 Å². The Hall–Kier alpha value is -1.88. The lowest BCUT2D eigenvalue weighted by molar-refractivity contribution is -0.166. The van der Waals surface area contributed by atoms with Crippen LogP contribution < -0.4 is 0 Å². The van der Waals surface area contributed by atoms with Gasteiger partial charge in [-0.05, 0) is 6.42 Å². The molecule has 1 N–H and O–H groups in total. The van der Waals surface area contributed by atoms with E-state index in [2.05, 4.69) is 19.7 Å². The van der Waals surface area contributed by atoms with Gasteiger partial charge in [0.15, 0.2) is 0 Å². The van der Waals surface area contributed by atoms with Crippen LogP contribution in [-0.2, 0) is 19.1 Å². The molecule has 106 valence electrons. The van der Waals surface area contributed by atoms with Gasteiger partial charge in [0, 0.05) is 22.5 Å². The van der Waals surface area contributed by atoms with Crippen LogP contribution in [0.3, 0.4) is 0 Å². The molecular formula is C15H16O5. The maximum atomic E-state index is 11.7. The Morgan fingerprint density at radius 2 is 1.95 bits per heavy atom. The molecule has 1 saturated carbocycles. The van der Waals surface area contributed by atoms with E-state index < -0.39 is 41.4 Å². The number of carbonyl (C=O) groups excluding carboxylic acids is 2. The first-order chi connectivity index (χ1) is 9.41. The molecule has 1 aliphatic carbocycles. The molecule has 0 unspecified atom stereocenters. The second kappa shape index (κ2) is 4.06. The summed E-state index contributed by atoms with van der Waals surface area (Å²) in [7, 11) is 0. The highest BCUT2D eigenvalue weighted by Crippen LogP contribution is 2.54. The Morgan fingerprint density at radius 1 is 1.25 bits per heavy atom. The first-order valence-electron chi connectivity index (χ1n) is 6.48. The number of ether oxygens (including phenoxy) is 2. The second-order valence-electron chi connectivity index (χ2n) is 5.71. The molecule has 0 spiro atoms. The van der Waals surface area contributed by atoms with Crippen molar-refractivity contribution < 1.29 is 24.2 Å². The molecule has 0 aromatic rings. The van der Waals surface area contributed by atoms with Crippen LogP contribution in [0, 0.1) is 17.3 Å². The summed E-state index contributed by atoms with van der Waals surface area (Å²) in [5, 5.41) is 10.6. The van der Waals surface area contributed by atoms with E-state index in [1.54, 1.807) is 6.08 Å². The summed E-state index contributed by atoms with van der Waals surface area (Å²) in [5.74, 6) is -2.02. The average molecular weight is 276 g/mol. The van der Waals surface area contributed by atoms with Crippen molar-refractivity contribution >= 4 is 11.9 Å². The Kier molecular flexibility index (Phi) is 2.66. The van der Waals surface area contributed by atoms with Gasteiger partial charge in [-0.3, -0.25) is 0 Å². The monoisotopic (exact) mass is 276 g/mol. The number of aliphatic hydroxyl groups is 1. The Bertz CT molecular complexity index is 548. The van der Waals surface area contributed by atoms with Gasteiger partial charge < -0.3 is 14.6 Å². The summed E-state index contributed by atoms with van der Waals surface area (Å²) in [5.41, 5.74) is -0.169. The van der Waals surface area contributed by atoms with E-state index in [9.17, 15) is 14.7 Å². The molecule has 2 saturated heterocycles. The molecule has 0 radical (unpaired) electrons. The van der Waals surface area contributed by atoms with Crippen LogP contribution in [-0.4, -0.2) is 35.9 Å². The lowest BCUT2D eigenvalue weighted by Crippen LogP contribution is -2.56. The zero-order valence-corrected chi connectivity index (χ0v) is 11.0. The van der Waals surface area contributed by atoms with Crippen molar-refractivity contribution in [1.29, 1.82) is 0 Å². The quantitative estimate of drug-likeness (QED) is 0.434. The summed E-state index contributed by atoms with van der Waals surface area (Å²) in [6.45, 7) is 11.4. The Labute approximate surface area is 116 Å². The fourth-order valence-corrected chi connectivity index (χ4v) is 3.68. The van der Waals surface area contributed by atoms with Crippen molar-refractivity contribution in [2.24, 2.45) is 17.3 Å². The maximum Gasteiger partial charge on any atom is 0.334 e. The van der Waals surface area contributed by atoms with Crippen LogP contribution in [0.25, 0.3) is 0 Å². The molecule has 2 aliphatic heterocycles. The summed E-state index contributed by atoms with van der Waals surface area (Å²) in [6.07, 6.45) is 0.707. The number of hydrogen-bond donors (Lipinski definition) is 1. The predicted molar refractivity (Wildman–Crippen MR) is 69.4 cm³/mol. The van der Waals surface area contributed by atoms with Crippen molar-refractivity contribution in [2.75, 3.05) is 6.61 Å². The number of carbonyl (C=O) groups is 2. The van der Waals surface area contributed by atoms with Crippen molar-refractivity contribution in [1.82, 2.24) is 0 Å². The first-order valence-corrected chi connectivity index (χ1v) is 6.48. The molecule has 3 fully saturated rings. The minimum absolute atomic E-state index is 0.114. The van der Waals surface area contributed by atoms with Crippen molar-refractivity contribution in [2.45, 2.75) is 18.6 Å². The molecule has 5 heteroatoms. The summed E-state index contributed by atoms with van der Waals surface area (Å²) < 4.78 is 10.4. The van der Waals surface area contributed by atoms with Gasteiger partial charge in [-0.25, -0.2) is 9.59 Å². The number of esters is 2. The topological polar surface area (TPSA) is 72.8 Å². The first kappa shape index (κ1) is 13.1. The molecule has 2 heterocycles. The third kappa shape index (κ3) is 1.47. The van der Waals surface area contributed by atoms with E-state index in [1.165, 1.54) is 0 Å². The van der Waals surface area contributed by atoms with E-state index in [0.29, 0.717) is 6.42 Å². The smallest absolute Gasteiger partial charge is 0.334 e. The molecule has 5 nitrogen and oxygen atoms in total. The van der Waals surface area contributed by atoms with Gasteiger partial charge in [0.2, 0.25) is 0 Å². The molecule has 0 aromatic heterocycles. The largest absolute Gasteiger partial charge is 0.461 e. The minimum Gasteiger partial charge on any atom is -0.461 e. The van der Waals surface area contributed by atoms with E-state index in [1.807, 2.05) is 0 Å². The standard InChI is InChI=1S/C15H16O5/c1-4-15-5-9-10(7(2)14(18)20-9)12(16)11(15)8(3)13(17)19-6-15/h4,9-12,16H,1-3,5-6H2/t9-,10+,11+,12-,15+/m0/s1. The maximum absolute atomic E-state index is 11.7. The fourth-order valence-electron chi connectivity index (χ4n) is 3.68. The molecule has 3 rings (SSSR count). The molecule has 5 atom stereocenters. The van der Waals surface area contributed by atoms with E-state index in [-0.39, 0.29) is 17.8 Å². The van der Waals surface area contributed by atoms with E-state index >= 15 is 0 Å². The molecule has 0 amide bonds. The highest BCUT2D eigenvalue weighted by atomic mass is 16.6. The number of aliphatic hydroxyl groups excluding tert-OH is 1. The lowest BCUT2D eigenvalue weighted by atomic mass is 9.57. The summed E-state index contributed by atoms with van der Waals surface area (Å²) >= 11 is 0. The van der Waals surface area contributed by atoms with Crippen LogP contribution in [0.2, 0.25) is 0 Å². The Balaban J connectivity index is 2.06. The zero-order valence-electron chi connectivity index (χ0n) is 11.0. The van der Waals surface area contributed by atoms with Gasteiger partial charge >= 0.3 is 11.9 Å². The fraction of sp³-hybridized carbons (Fsp3) is 0.467. The lowest BCUT2D eigenvalue weighted by Gasteiger charge is -2.50. The van der Waals surface area contributed by atoms with Crippen LogP contribution >= 0.6 is 0 Å². The molecule has 0 aromatic carbocycles. The van der Waals surface area contributed by atoms with E-state index in [0.717, 1.165) is 0 Å². The third-order valence-corrected chi connectivity index (χ3v) is 4.75. The minimum atomic E-state index is -0.953. The zero-order chi connectivity index (χ0) is 14.7. The number of fused-ring (bicyclic) bond motifs is 2. The number of rotatable bonds is 1. The summed E-state index contributed by atoms with van der Waals surface area (Å²) in [6, 6.07) is 0. The van der Waals surface area contributed by atoms with E-state index in [4.69, 9.17) is 9.47 Å². The second-order valence-corrected chi connectivity index (χ2v) is 5.71. The van der Waals surface area contributed by atoms with Crippen LogP contribution in [0.15, 0.2) is 37.0 Å². The molecule has 0 bridgehead atoms. The highest BCUT2D eigenvalue weighted by Gasteiger charge is 2.60. The normalized spacial score (nSPS) is 43.5. The van der Waals surface area contributed by atoms with Crippen LogP contribution in [0.4, 0.5) is 0 Å². The van der Waals surface area contributed by atoms with Gasteiger partial charge in [-0.1, -0.05) is 19.2 Å². The van der Waals surface area contributed by atoms with Gasteiger partial charge in [-0.2, -0.15) is 0 Å². The number of hydrogen-bond acceptors (Lipinski definition) is 5. The van der Waals surface area contributed by atoms with Gasteiger partial charge in [0.05, 0.1) is 12.0 Å². The average Bonchev–Trinajstić information content (AvgIpc) is 2.69. The molecule has 20 heavy (non-hydrogen) atoms. The highest BCUT2D eigenvalue weighted by molar-refractivity contribution is 5.92. The molecule has 3 aliphatic rings. The molecular weight excluding hydrogens is 260 g/mol. The number of cyclic esters (lactones) is 1. The Morgan fingerprint density at radius 3 is 2.60 bits per heavy atom. The SMILES string of the molecule is C=C[C@@]12COC(=O)C(=C)[C@@H]1[C@@H](O)[C@@H]1C(=C)C(=O)O[C@H]1C2. The van der Waals surface area contributed by atoms with Gasteiger partial charge in [-0.15, -0.1) is 6.58 Å². The van der Waals surface area contributed by atoms with Crippen molar-refractivity contribution in [3.8, 4) is 0 Å².